The summed E-state index contributed by atoms with van der Waals surface area (Å²) in [6, 6.07) is 20.1. The van der Waals surface area contributed by atoms with Crippen LogP contribution in [-0.2, 0) is 10.0 Å². The molecular formula is C23H20N4O4S2. The minimum Gasteiger partial charge on any atom is -0.497 e. The molecule has 8 nitrogen and oxygen atoms in total. The van der Waals surface area contributed by atoms with E-state index in [1.165, 1.54) is 29.5 Å². The number of carbonyl (C=O) groups is 1. The van der Waals surface area contributed by atoms with Gasteiger partial charge < -0.3 is 4.74 Å². The third-order valence-electron chi connectivity index (χ3n) is 4.69. The highest BCUT2D eigenvalue weighted by Crippen LogP contribution is 2.28. The van der Waals surface area contributed by atoms with Gasteiger partial charge >= 0.3 is 0 Å². The summed E-state index contributed by atoms with van der Waals surface area (Å²) in [5.41, 5.74) is 2.36. The first-order chi connectivity index (χ1) is 15.8. The first-order valence-corrected chi connectivity index (χ1v) is 12.1. The lowest BCUT2D eigenvalue weighted by Crippen LogP contribution is -2.15. The predicted octanol–water partition coefficient (Wildman–Crippen LogP) is 4.58. The molecule has 0 fully saturated rings. The number of nitrogens with zero attached hydrogens (tertiary/aromatic N) is 2. The Morgan fingerprint density at radius 3 is 2.39 bits per heavy atom. The lowest BCUT2D eigenvalue weighted by molar-refractivity contribution is 0.102. The number of methoxy groups -OCH3 is 1. The summed E-state index contributed by atoms with van der Waals surface area (Å²) in [6.45, 7) is 1.88. The van der Waals surface area contributed by atoms with Crippen molar-refractivity contribution in [1.82, 2.24) is 10.2 Å². The molecule has 0 unspecified atom stereocenters. The van der Waals surface area contributed by atoms with Crippen molar-refractivity contribution in [2.24, 2.45) is 0 Å². The lowest BCUT2D eigenvalue weighted by Gasteiger charge is -2.09. The Morgan fingerprint density at radius 1 is 0.970 bits per heavy atom. The van der Waals surface area contributed by atoms with Crippen molar-refractivity contribution in [3.05, 3.63) is 83.9 Å². The number of hydrogen-bond acceptors (Lipinski definition) is 7. The van der Waals surface area contributed by atoms with Crippen molar-refractivity contribution in [3.8, 4) is 16.3 Å². The van der Waals surface area contributed by atoms with E-state index in [1.807, 2.05) is 31.2 Å². The zero-order valence-corrected chi connectivity index (χ0v) is 19.4. The average Bonchev–Trinajstić information content (AvgIpc) is 3.28. The van der Waals surface area contributed by atoms with Crippen LogP contribution in [0.1, 0.15) is 15.9 Å². The molecule has 3 aromatic carbocycles. The summed E-state index contributed by atoms with van der Waals surface area (Å²) in [5, 5.41) is 11.8. The summed E-state index contributed by atoms with van der Waals surface area (Å²) in [6.07, 6.45) is 0. The normalized spacial score (nSPS) is 11.1. The fourth-order valence-corrected chi connectivity index (χ4v) is 4.74. The van der Waals surface area contributed by atoms with E-state index >= 15 is 0 Å². The monoisotopic (exact) mass is 480 g/mol. The van der Waals surface area contributed by atoms with E-state index in [4.69, 9.17) is 4.74 Å². The van der Waals surface area contributed by atoms with Crippen molar-refractivity contribution >= 4 is 38.1 Å². The van der Waals surface area contributed by atoms with E-state index in [1.54, 1.807) is 37.4 Å². The Morgan fingerprint density at radius 2 is 1.70 bits per heavy atom. The molecule has 0 radical (unpaired) electrons. The van der Waals surface area contributed by atoms with Gasteiger partial charge in [-0.3, -0.25) is 14.8 Å². The quantitative estimate of drug-likeness (QED) is 0.401. The molecule has 4 aromatic rings. The van der Waals surface area contributed by atoms with Crippen LogP contribution in [0.5, 0.6) is 5.75 Å². The van der Waals surface area contributed by atoms with Gasteiger partial charge in [-0.05, 0) is 61.5 Å². The molecule has 0 atom stereocenters. The van der Waals surface area contributed by atoms with Gasteiger partial charge in [-0.25, -0.2) is 8.42 Å². The van der Waals surface area contributed by atoms with Gasteiger partial charge in [0, 0.05) is 16.8 Å². The number of aromatic nitrogens is 2. The molecule has 0 aliphatic rings. The molecule has 10 heteroatoms. The molecule has 0 aliphatic carbocycles. The highest BCUT2D eigenvalue weighted by molar-refractivity contribution is 7.92. The topological polar surface area (TPSA) is 110 Å². The molecule has 0 saturated heterocycles. The number of carbonyl (C=O) groups excluding carboxylic acids is 1. The number of amides is 1. The van der Waals surface area contributed by atoms with Gasteiger partial charge in [-0.2, -0.15) is 0 Å². The molecule has 4 rings (SSSR count). The van der Waals surface area contributed by atoms with Gasteiger partial charge in [0.1, 0.15) is 10.8 Å². The van der Waals surface area contributed by atoms with Crippen molar-refractivity contribution in [1.29, 1.82) is 0 Å². The van der Waals surface area contributed by atoms with Crippen LogP contribution in [0.25, 0.3) is 10.6 Å². The minimum atomic E-state index is -3.77. The zero-order valence-electron chi connectivity index (χ0n) is 17.8. The minimum absolute atomic E-state index is 0.142. The van der Waals surface area contributed by atoms with Crippen LogP contribution in [0.2, 0.25) is 0 Å². The molecule has 0 spiro atoms. The second-order valence-corrected chi connectivity index (χ2v) is 9.75. The van der Waals surface area contributed by atoms with Crippen LogP contribution >= 0.6 is 11.3 Å². The summed E-state index contributed by atoms with van der Waals surface area (Å²) < 4.78 is 32.9. The summed E-state index contributed by atoms with van der Waals surface area (Å²) in [4.78, 5) is 12.8. The van der Waals surface area contributed by atoms with Crippen molar-refractivity contribution in [2.75, 3.05) is 17.1 Å². The number of rotatable bonds is 7. The second-order valence-electron chi connectivity index (χ2n) is 7.09. The molecule has 0 aliphatic heterocycles. The molecule has 1 amide bonds. The van der Waals surface area contributed by atoms with E-state index in [9.17, 15) is 13.2 Å². The Balaban J connectivity index is 1.47. The highest BCUT2D eigenvalue weighted by atomic mass is 32.2. The van der Waals surface area contributed by atoms with Crippen molar-refractivity contribution < 1.29 is 17.9 Å². The first-order valence-electron chi connectivity index (χ1n) is 9.83. The standard InChI is InChI=1S/C23H20N4O4S2/c1-15-6-12-20(13-7-15)33(29,30)27-18-5-3-4-17(14-18)21(28)24-23-26-25-22(32-23)16-8-10-19(31-2)11-9-16/h3-14,27H,1-2H3,(H,24,26,28). The lowest BCUT2D eigenvalue weighted by atomic mass is 10.2. The number of anilines is 2. The van der Waals surface area contributed by atoms with Crippen LogP contribution in [0.3, 0.4) is 0 Å². The third kappa shape index (κ3) is 5.36. The fraction of sp³-hybridized carbons (Fsp3) is 0.0870. The Labute approximate surface area is 195 Å². The van der Waals surface area contributed by atoms with Crippen LogP contribution in [0.15, 0.2) is 77.7 Å². The molecule has 33 heavy (non-hydrogen) atoms. The SMILES string of the molecule is COc1ccc(-c2nnc(NC(=O)c3cccc(NS(=O)(=O)c4ccc(C)cc4)c3)s2)cc1. The number of ether oxygens (including phenoxy) is 1. The van der Waals surface area contributed by atoms with E-state index < -0.39 is 15.9 Å². The molecule has 1 aromatic heterocycles. The summed E-state index contributed by atoms with van der Waals surface area (Å²) in [7, 11) is -2.18. The number of hydrogen-bond donors (Lipinski definition) is 2. The Hall–Kier alpha value is -3.76. The van der Waals surface area contributed by atoms with E-state index in [-0.39, 0.29) is 16.1 Å². The van der Waals surface area contributed by atoms with Crippen LogP contribution in [-0.4, -0.2) is 31.6 Å². The number of aryl methyl sites for hydroxylation is 1. The van der Waals surface area contributed by atoms with E-state index in [0.717, 1.165) is 16.9 Å². The van der Waals surface area contributed by atoms with Crippen molar-refractivity contribution in [2.45, 2.75) is 11.8 Å². The fourth-order valence-electron chi connectivity index (χ4n) is 2.95. The Kier molecular flexibility index (Phi) is 6.38. The molecule has 2 N–H and O–H groups in total. The second kappa shape index (κ2) is 9.39. The zero-order chi connectivity index (χ0) is 23.4. The number of sulfonamides is 1. The van der Waals surface area contributed by atoms with Crippen LogP contribution in [0, 0.1) is 6.92 Å². The molecule has 168 valence electrons. The maximum absolute atomic E-state index is 12.7. The molecule has 0 bridgehead atoms. The molecular weight excluding hydrogens is 460 g/mol. The maximum atomic E-state index is 12.7. The third-order valence-corrected chi connectivity index (χ3v) is 6.98. The van der Waals surface area contributed by atoms with Crippen molar-refractivity contribution in [3.63, 3.8) is 0 Å². The summed E-state index contributed by atoms with van der Waals surface area (Å²) >= 11 is 1.23. The van der Waals surface area contributed by atoms with E-state index in [0.29, 0.717) is 10.1 Å². The van der Waals surface area contributed by atoms with Gasteiger partial charge in [0.05, 0.1) is 12.0 Å². The molecule has 1 heterocycles. The predicted molar refractivity (Wildman–Crippen MR) is 128 cm³/mol. The van der Waals surface area contributed by atoms with Gasteiger partial charge in [-0.1, -0.05) is 35.1 Å². The number of benzene rings is 3. The van der Waals surface area contributed by atoms with Crippen LogP contribution in [0.4, 0.5) is 10.8 Å². The average molecular weight is 481 g/mol. The summed E-state index contributed by atoms with van der Waals surface area (Å²) in [5.74, 6) is 0.304. The van der Waals surface area contributed by atoms with Gasteiger partial charge in [0.25, 0.3) is 15.9 Å². The largest absolute Gasteiger partial charge is 0.497 e. The molecule has 0 saturated carbocycles. The van der Waals surface area contributed by atoms with Gasteiger partial charge in [0.15, 0.2) is 0 Å². The first kappa shape index (κ1) is 22.4. The smallest absolute Gasteiger partial charge is 0.261 e. The number of nitrogens with one attached hydrogen (secondary N) is 2. The van der Waals surface area contributed by atoms with Gasteiger partial charge in [0.2, 0.25) is 5.13 Å². The van der Waals surface area contributed by atoms with Crippen LogP contribution < -0.4 is 14.8 Å². The maximum Gasteiger partial charge on any atom is 0.261 e. The van der Waals surface area contributed by atoms with Gasteiger partial charge in [-0.15, -0.1) is 10.2 Å². The highest BCUT2D eigenvalue weighted by Gasteiger charge is 2.16. The Bertz CT molecular complexity index is 1380. The van der Waals surface area contributed by atoms with E-state index in [2.05, 4.69) is 20.2 Å².